The number of hydrogen-bond donors (Lipinski definition) is 1. The van der Waals surface area contributed by atoms with Gasteiger partial charge in [-0.3, -0.25) is 9.00 Å². The summed E-state index contributed by atoms with van der Waals surface area (Å²) in [6.07, 6.45) is 6.76. The van der Waals surface area contributed by atoms with Crippen LogP contribution >= 0.6 is 0 Å². The minimum Gasteiger partial charge on any atom is -0.483 e. The van der Waals surface area contributed by atoms with Crippen molar-refractivity contribution >= 4 is 15.8 Å². The van der Waals surface area contributed by atoms with Crippen LogP contribution in [0.15, 0.2) is 59.5 Å². The summed E-state index contributed by atoms with van der Waals surface area (Å²) in [5.41, 5.74) is 3.24. The number of aromatic nitrogens is 2. The van der Waals surface area contributed by atoms with Crippen molar-refractivity contribution in [2.75, 3.05) is 37.3 Å². The van der Waals surface area contributed by atoms with Crippen LogP contribution in [0.1, 0.15) is 44.7 Å². The van der Waals surface area contributed by atoms with Crippen LogP contribution < -0.4 is 15.2 Å². The molecule has 39 heavy (non-hydrogen) atoms. The van der Waals surface area contributed by atoms with Crippen LogP contribution in [0.25, 0.3) is 5.69 Å². The first-order chi connectivity index (χ1) is 18.5. The summed E-state index contributed by atoms with van der Waals surface area (Å²) >= 11 is 0. The molecule has 5 rings (SSSR count). The second-order valence-corrected chi connectivity index (χ2v) is 15.3. The number of halogens is 1. The van der Waals surface area contributed by atoms with Crippen LogP contribution in [0.5, 0.6) is 5.75 Å². The molecule has 2 heterocycles. The number of nitrogens with zero attached hydrogens (tertiary/aromatic N) is 4. The number of thiol groups is 1. The highest BCUT2D eigenvalue weighted by Gasteiger charge is 2.35. The van der Waals surface area contributed by atoms with Crippen LogP contribution in [-0.4, -0.2) is 61.6 Å². The SMILES string of the molecule is CC(C)(C)[SH](C)(=O)N1CCN(c2cnn(-c3cccc(F)c3)c(=O)c2OC2CCc3ccccc3CC2)CC1. The van der Waals surface area contributed by atoms with Crippen molar-refractivity contribution in [1.29, 1.82) is 0 Å². The van der Waals surface area contributed by atoms with E-state index in [9.17, 15) is 13.4 Å². The molecule has 0 radical (unpaired) electrons. The first kappa shape index (κ1) is 27.5. The fourth-order valence-corrected chi connectivity index (χ4v) is 7.20. The topological polar surface area (TPSA) is 67.7 Å². The van der Waals surface area contributed by atoms with Crippen LogP contribution in [0.4, 0.5) is 10.1 Å². The maximum atomic E-state index is 14.0. The third kappa shape index (κ3) is 5.65. The second-order valence-electron chi connectivity index (χ2n) is 11.6. The predicted octanol–water partition coefficient (Wildman–Crippen LogP) is 4.18. The van der Waals surface area contributed by atoms with E-state index >= 15 is 0 Å². The Morgan fingerprint density at radius 1 is 0.974 bits per heavy atom. The quantitative estimate of drug-likeness (QED) is 0.379. The average molecular weight is 555 g/mol. The third-order valence-corrected chi connectivity index (χ3v) is 12.2. The van der Waals surface area contributed by atoms with Crippen LogP contribution in [0, 0.1) is 5.82 Å². The van der Waals surface area contributed by atoms with E-state index in [-0.39, 0.29) is 16.6 Å². The number of anilines is 1. The molecule has 0 unspecified atom stereocenters. The molecule has 1 aliphatic heterocycles. The molecule has 0 atom stereocenters. The fraction of sp³-hybridized carbons (Fsp3) is 0.467. The smallest absolute Gasteiger partial charge is 0.316 e. The van der Waals surface area contributed by atoms with E-state index in [1.54, 1.807) is 18.3 Å². The Morgan fingerprint density at radius 3 is 2.21 bits per heavy atom. The van der Waals surface area contributed by atoms with Gasteiger partial charge in [-0.05, 0) is 75.8 Å². The van der Waals surface area contributed by atoms with Gasteiger partial charge in [0, 0.05) is 37.2 Å². The number of ether oxygens (including phenoxy) is 1. The molecule has 3 aromatic rings. The zero-order valence-corrected chi connectivity index (χ0v) is 24.2. The van der Waals surface area contributed by atoms with Crippen molar-refractivity contribution in [2.24, 2.45) is 0 Å². The monoisotopic (exact) mass is 554 g/mol. The molecule has 0 bridgehead atoms. The zero-order valence-electron chi connectivity index (χ0n) is 23.3. The Bertz CT molecular complexity index is 1420. The summed E-state index contributed by atoms with van der Waals surface area (Å²) in [5.74, 6) is -0.192. The van der Waals surface area contributed by atoms with Crippen molar-refractivity contribution < 1.29 is 13.3 Å². The maximum absolute atomic E-state index is 14.0. The summed E-state index contributed by atoms with van der Waals surface area (Å²) in [7, 11) is -2.55. The van der Waals surface area contributed by atoms with Gasteiger partial charge in [0.25, 0.3) is 0 Å². The molecule has 0 saturated carbocycles. The van der Waals surface area contributed by atoms with Crippen molar-refractivity contribution in [1.82, 2.24) is 14.1 Å². The molecule has 1 fully saturated rings. The summed E-state index contributed by atoms with van der Waals surface area (Å²) in [5, 5.41) is 4.42. The molecule has 7 nitrogen and oxygen atoms in total. The molecule has 0 amide bonds. The van der Waals surface area contributed by atoms with E-state index in [0.717, 1.165) is 25.7 Å². The largest absolute Gasteiger partial charge is 0.483 e. The first-order valence-electron chi connectivity index (χ1n) is 13.7. The lowest BCUT2D eigenvalue weighted by atomic mass is 10.0. The van der Waals surface area contributed by atoms with Gasteiger partial charge in [0.1, 0.15) is 11.5 Å². The van der Waals surface area contributed by atoms with Crippen molar-refractivity contribution in [3.63, 3.8) is 0 Å². The minimum absolute atomic E-state index is 0.134. The van der Waals surface area contributed by atoms with E-state index in [1.807, 2.05) is 27.0 Å². The maximum Gasteiger partial charge on any atom is 0.316 e. The van der Waals surface area contributed by atoms with Gasteiger partial charge >= 0.3 is 5.56 Å². The summed E-state index contributed by atoms with van der Waals surface area (Å²) < 4.78 is 37.1. The second kappa shape index (κ2) is 10.8. The summed E-state index contributed by atoms with van der Waals surface area (Å²) in [6.45, 7) is 8.51. The molecule has 1 aromatic heterocycles. The summed E-state index contributed by atoms with van der Waals surface area (Å²) in [4.78, 5) is 15.9. The van der Waals surface area contributed by atoms with Gasteiger partial charge in [0.05, 0.1) is 18.0 Å². The van der Waals surface area contributed by atoms with Gasteiger partial charge in [-0.1, -0.05) is 40.5 Å². The molecule has 2 aromatic carbocycles. The zero-order chi connectivity index (χ0) is 27.8. The molecule has 0 N–H and O–H groups in total. The highest BCUT2D eigenvalue weighted by atomic mass is 32.3. The highest BCUT2D eigenvalue weighted by molar-refractivity contribution is 8.01. The van der Waals surface area contributed by atoms with Crippen LogP contribution in [0.2, 0.25) is 0 Å². The van der Waals surface area contributed by atoms with E-state index in [4.69, 9.17) is 4.74 Å². The molecule has 1 saturated heterocycles. The Labute approximate surface area is 231 Å². The van der Waals surface area contributed by atoms with Crippen molar-refractivity contribution in [2.45, 2.75) is 57.3 Å². The van der Waals surface area contributed by atoms with Crippen LogP contribution in [0.3, 0.4) is 0 Å². The lowest BCUT2D eigenvalue weighted by Gasteiger charge is -2.46. The first-order valence-corrected chi connectivity index (χ1v) is 15.8. The number of benzene rings is 2. The number of hydrogen-bond acceptors (Lipinski definition) is 5. The van der Waals surface area contributed by atoms with Gasteiger partial charge < -0.3 is 9.64 Å². The van der Waals surface area contributed by atoms with E-state index < -0.39 is 21.5 Å². The normalized spacial score (nSPS) is 17.9. The Balaban J connectivity index is 1.45. The van der Waals surface area contributed by atoms with Gasteiger partial charge in [0.2, 0.25) is 5.75 Å². The molecular formula is C30H39FN4O3S. The van der Waals surface area contributed by atoms with Crippen LogP contribution in [-0.2, 0) is 23.0 Å². The fourth-order valence-electron chi connectivity index (χ4n) is 5.41. The molecule has 0 spiro atoms. The average Bonchev–Trinajstić information content (AvgIpc) is 3.11. The molecule has 210 valence electrons. The number of piperazine rings is 1. The number of rotatable bonds is 5. The lowest BCUT2D eigenvalue weighted by molar-refractivity contribution is 0.181. The Hall–Kier alpha value is -3.04. The van der Waals surface area contributed by atoms with Gasteiger partial charge in [0.15, 0.2) is 0 Å². The van der Waals surface area contributed by atoms with E-state index in [2.05, 4.69) is 38.6 Å². The third-order valence-electron chi connectivity index (χ3n) is 8.22. The van der Waals surface area contributed by atoms with Gasteiger partial charge in [-0.25, -0.2) is 8.70 Å². The number of aryl methyl sites for hydroxylation is 2. The molecule has 9 heteroatoms. The van der Waals surface area contributed by atoms with Gasteiger partial charge in [-0.15, -0.1) is 0 Å². The van der Waals surface area contributed by atoms with E-state index in [0.29, 0.717) is 37.6 Å². The Morgan fingerprint density at radius 2 is 1.62 bits per heavy atom. The van der Waals surface area contributed by atoms with Gasteiger partial charge in [-0.2, -0.15) is 9.78 Å². The minimum atomic E-state index is -2.55. The van der Waals surface area contributed by atoms with E-state index in [1.165, 1.54) is 27.9 Å². The predicted molar refractivity (Wildman–Crippen MR) is 156 cm³/mol. The molecule has 1 aliphatic carbocycles. The standard InChI is InChI=1S/C30H39FN4O3S/c1-30(2,3)39(4,37)34-18-16-33(17-19-34)27-21-32-35(25-11-7-10-24(31)20-25)29(36)28(27)38-26-14-12-22-8-5-6-9-23(22)13-15-26/h5-11,20-21,26,39H,12-19H2,1-4H3. The lowest BCUT2D eigenvalue weighted by Crippen LogP contribution is -2.56. The summed E-state index contributed by atoms with van der Waals surface area (Å²) in [6, 6.07) is 14.3. The highest BCUT2D eigenvalue weighted by Crippen LogP contribution is 2.32. The van der Waals surface area contributed by atoms with Crippen molar-refractivity contribution in [3.05, 3.63) is 82.0 Å². The Kier molecular flexibility index (Phi) is 7.66. The molecular weight excluding hydrogens is 515 g/mol. The molecule has 2 aliphatic rings. The number of fused-ring (bicyclic) bond motifs is 1. The van der Waals surface area contributed by atoms with Crippen molar-refractivity contribution in [3.8, 4) is 11.4 Å².